The van der Waals surface area contributed by atoms with Gasteiger partial charge in [-0.05, 0) is 54.5 Å². The second kappa shape index (κ2) is 5.12. The van der Waals surface area contributed by atoms with Gasteiger partial charge in [0.1, 0.15) is 5.56 Å². The number of benzene rings is 2. The highest BCUT2D eigenvalue weighted by molar-refractivity contribution is 5.77. The maximum atomic E-state index is 13.1. The van der Waals surface area contributed by atoms with Gasteiger partial charge < -0.3 is 5.11 Å². The molecule has 2 unspecified atom stereocenters. The van der Waals surface area contributed by atoms with Gasteiger partial charge in [0.15, 0.2) is 0 Å². The average Bonchev–Trinajstić information content (AvgIpc) is 3.31. The third-order valence-corrected chi connectivity index (χ3v) is 5.78. The molecule has 126 valence electrons. The molecular weight excluding hydrogens is 312 g/mol. The Bertz CT molecular complexity index is 1030. The summed E-state index contributed by atoms with van der Waals surface area (Å²) in [5.74, 6) is 0.130. The minimum atomic E-state index is -0.0574. The van der Waals surface area contributed by atoms with Crippen molar-refractivity contribution in [1.29, 1.82) is 0 Å². The van der Waals surface area contributed by atoms with Gasteiger partial charge in [0.2, 0.25) is 5.88 Å². The maximum Gasteiger partial charge on any atom is 0.278 e. The van der Waals surface area contributed by atoms with E-state index in [4.69, 9.17) is 0 Å². The molecule has 2 aliphatic rings. The number of aromatic nitrogens is 2. The third kappa shape index (κ3) is 1.97. The van der Waals surface area contributed by atoms with E-state index in [1.807, 2.05) is 41.9 Å². The van der Waals surface area contributed by atoms with Gasteiger partial charge in [-0.25, -0.2) is 9.36 Å². The van der Waals surface area contributed by atoms with E-state index in [2.05, 4.69) is 18.2 Å². The molecule has 5 rings (SSSR count). The van der Waals surface area contributed by atoms with Gasteiger partial charge in [0.05, 0.1) is 12.1 Å². The lowest BCUT2D eigenvalue weighted by Crippen LogP contribution is -2.24. The van der Waals surface area contributed by atoms with Crippen LogP contribution in [0.15, 0.2) is 53.3 Å². The van der Waals surface area contributed by atoms with Crippen molar-refractivity contribution >= 4 is 0 Å². The summed E-state index contributed by atoms with van der Waals surface area (Å²) in [7, 11) is 0. The lowest BCUT2D eigenvalue weighted by molar-refractivity contribution is 0.322. The molecule has 2 bridgehead atoms. The van der Waals surface area contributed by atoms with Gasteiger partial charge in [-0.2, -0.15) is 0 Å². The summed E-state index contributed by atoms with van der Waals surface area (Å²) in [6, 6.07) is 16.7. The molecule has 0 amide bonds. The Labute approximate surface area is 145 Å². The summed E-state index contributed by atoms with van der Waals surface area (Å²) in [6.45, 7) is 1.99. The Morgan fingerprint density at radius 1 is 0.960 bits per heavy atom. The van der Waals surface area contributed by atoms with Crippen LogP contribution in [-0.2, 0) is 0 Å². The molecule has 0 radical (unpaired) electrons. The van der Waals surface area contributed by atoms with Gasteiger partial charge in [-0.15, -0.1) is 0 Å². The largest absolute Gasteiger partial charge is 0.493 e. The molecule has 1 aromatic heterocycles. The van der Waals surface area contributed by atoms with E-state index in [1.54, 1.807) is 4.68 Å². The highest BCUT2D eigenvalue weighted by Gasteiger charge is 2.41. The van der Waals surface area contributed by atoms with Crippen LogP contribution in [0.5, 0.6) is 5.88 Å². The van der Waals surface area contributed by atoms with Crippen LogP contribution in [0, 0.1) is 6.92 Å². The van der Waals surface area contributed by atoms with E-state index in [0.29, 0.717) is 5.56 Å². The van der Waals surface area contributed by atoms with E-state index in [9.17, 15) is 9.90 Å². The highest BCUT2D eigenvalue weighted by Crippen LogP contribution is 2.48. The summed E-state index contributed by atoms with van der Waals surface area (Å²) < 4.78 is 3.62. The molecule has 3 aromatic rings. The monoisotopic (exact) mass is 332 g/mol. The number of hydrogen-bond acceptors (Lipinski definition) is 2. The summed E-state index contributed by atoms with van der Waals surface area (Å²) in [5, 5.41) is 10.8. The number of nitrogens with zero attached hydrogens (tertiary/aromatic N) is 2. The van der Waals surface area contributed by atoms with Gasteiger partial charge >= 0.3 is 0 Å². The first kappa shape index (κ1) is 14.6. The summed E-state index contributed by atoms with van der Waals surface area (Å²) in [5.41, 5.74) is 4.39. The van der Waals surface area contributed by atoms with Crippen LogP contribution in [-0.4, -0.2) is 14.5 Å². The predicted octanol–water partition coefficient (Wildman–Crippen LogP) is 4.28. The normalized spacial score (nSPS) is 20.8. The molecule has 1 saturated carbocycles. The lowest BCUT2D eigenvalue weighted by atomic mass is 9.96. The first-order chi connectivity index (χ1) is 12.1. The first-order valence-corrected chi connectivity index (χ1v) is 8.87. The van der Waals surface area contributed by atoms with Crippen molar-refractivity contribution in [1.82, 2.24) is 9.36 Å². The Hall–Kier alpha value is -2.75. The van der Waals surface area contributed by atoms with E-state index in [0.717, 1.165) is 41.5 Å². The van der Waals surface area contributed by atoms with E-state index < -0.39 is 0 Å². The van der Waals surface area contributed by atoms with E-state index in [-0.39, 0.29) is 23.5 Å². The number of fused-ring (bicyclic) bond motifs is 5. The topological polar surface area (TPSA) is 47.2 Å². The Morgan fingerprint density at radius 3 is 2.40 bits per heavy atom. The standard InChI is InChI=1S/C21H20N2O2/c1-13-7-8-15(14-5-3-2-4-6-14)11-18(13)19-20(24)22-16-9-10-17(12-16)23(22)21(19)25/h2-8,11,16-17,24H,9-10,12H2,1H3. The zero-order chi connectivity index (χ0) is 17.1. The van der Waals surface area contributed by atoms with Crippen molar-refractivity contribution in [3.8, 4) is 28.1 Å². The van der Waals surface area contributed by atoms with Crippen molar-refractivity contribution in [2.45, 2.75) is 38.3 Å². The van der Waals surface area contributed by atoms with Gasteiger partial charge in [-0.1, -0.05) is 42.5 Å². The molecule has 4 heteroatoms. The molecule has 2 aromatic carbocycles. The van der Waals surface area contributed by atoms with Gasteiger partial charge in [0, 0.05) is 0 Å². The van der Waals surface area contributed by atoms with Crippen LogP contribution in [0.3, 0.4) is 0 Å². The molecule has 1 aliphatic heterocycles. The average molecular weight is 332 g/mol. The predicted molar refractivity (Wildman–Crippen MR) is 97.9 cm³/mol. The van der Waals surface area contributed by atoms with E-state index in [1.165, 1.54) is 0 Å². The maximum absolute atomic E-state index is 13.1. The van der Waals surface area contributed by atoms with Crippen LogP contribution in [0.2, 0.25) is 0 Å². The molecule has 0 saturated heterocycles. The molecule has 1 aliphatic carbocycles. The van der Waals surface area contributed by atoms with Crippen molar-refractivity contribution in [2.75, 3.05) is 0 Å². The van der Waals surface area contributed by atoms with Gasteiger partial charge in [0.25, 0.3) is 5.56 Å². The summed E-state index contributed by atoms with van der Waals surface area (Å²) in [4.78, 5) is 13.1. The zero-order valence-electron chi connectivity index (χ0n) is 14.1. The van der Waals surface area contributed by atoms with Crippen LogP contribution in [0.1, 0.15) is 36.9 Å². The highest BCUT2D eigenvalue weighted by atomic mass is 16.3. The third-order valence-electron chi connectivity index (χ3n) is 5.78. The molecule has 1 N–H and O–H groups in total. The SMILES string of the molecule is Cc1ccc(-c2ccccc2)cc1-c1c(O)n2n(c1=O)C1CCC2C1. The fourth-order valence-corrected chi connectivity index (χ4v) is 4.53. The van der Waals surface area contributed by atoms with Crippen molar-refractivity contribution in [3.05, 3.63) is 64.4 Å². The molecule has 0 spiro atoms. The molecular formula is C21H20N2O2. The number of aryl methyl sites for hydroxylation is 1. The Morgan fingerprint density at radius 2 is 1.68 bits per heavy atom. The number of aromatic hydroxyl groups is 1. The van der Waals surface area contributed by atoms with Crippen LogP contribution < -0.4 is 5.56 Å². The minimum absolute atomic E-state index is 0.0574. The smallest absolute Gasteiger partial charge is 0.278 e. The van der Waals surface area contributed by atoms with E-state index >= 15 is 0 Å². The van der Waals surface area contributed by atoms with Crippen LogP contribution >= 0.6 is 0 Å². The molecule has 2 atom stereocenters. The molecule has 2 heterocycles. The van der Waals surface area contributed by atoms with Gasteiger partial charge in [-0.3, -0.25) is 4.79 Å². The number of rotatable bonds is 2. The Kier molecular flexibility index (Phi) is 2.99. The molecule has 4 nitrogen and oxygen atoms in total. The van der Waals surface area contributed by atoms with Crippen LogP contribution in [0.4, 0.5) is 0 Å². The second-order valence-electron chi connectivity index (χ2n) is 7.21. The second-order valence-corrected chi connectivity index (χ2v) is 7.21. The summed E-state index contributed by atoms with van der Waals surface area (Å²) >= 11 is 0. The minimum Gasteiger partial charge on any atom is -0.493 e. The molecule has 25 heavy (non-hydrogen) atoms. The van der Waals surface area contributed by atoms with Crippen molar-refractivity contribution in [2.24, 2.45) is 0 Å². The summed E-state index contributed by atoms with van der Waals surface area (Å²) in [6.07, 6.45) is 3.07. The quantitative estimate of drug-likeness (QED) is 0.761. The zero-order valence-corrected chi connectivity index (χ0v) is 14.1. The first-order valence-electron chi connectivity index (χ1n) is 8.87. The number of hydrogen-bond donors (Lipinski definition) is 1. The van der Waals surface area contributed by atoms with Crippen molar-refractivity contribution in [3.63, 3.8) is 0 Å². The van der Waals surface area contributed by atoms with Crippen LogP contribution in [0.25, 0.3) is 22.3 Å². The fourth-order valence-electron chi connectivity index (χ4n) is 4.53. The lowest BCUT2D eigenvalue weighted by Gasteiger charge is -2.16. The van der Waals surface area contributed by atoms with Crippen molar-refractivity contribution < 1.29 is 5.11 Å². The fraction of sp³-hybridized carbons (Fsp3) is 0.286. The Balaban J connectivity index is 1.72. The molecule has 1 fully saturated rings.